The number of aromatic nitrogens is 2. The van der Waals surface area contributed by atoms with Crippen molar-refractivity contribution < 1.29 is 24.1 Å². The summed E-state index contributed by atoms with van der Waals surface area (Å²) >= 11 is 4.60. The summed E-state index contributed by atoms with van der Waals surface area (Å²) in [5, 5.41) is 10.3. The van der Waals surface area contributed by atoms with Crippen LogP contribution < -0.4 is 14.2 Å². The second-order valence-electron chi connectivity index (χ2n) is 6.27. The minimum Gasteiger partial charge on any atom is -0.493 e. The molecular weight excluding hydrogens is 472 g/mol. The van der Waals surface area contributed by atoms with Gasteiger partial charge in [0.05, 0.1) is 25.3 Å². The molecule has 9 heteroatoms. The highest BCUT2D eigenvalue weighted by atomic mass is 79.9. The first kappa shape index (κ1) is 20.2. The molecule has 0 aliphatic heterocycles. The van der Waals surface area contributed by atoms with Crippen molar-refractivity contribution >= 4 is 44.3 Å². The van der Waals surface area contributed by atoms with Gasteiger partial charge in [-0.05, 0) is 6.07 Å². The van der Waals surface area contributed by atoms with Gasteiger partial charge >= 0.3 is 5.97 Å². The Morgan fingerprint density at radius 2 is 1.87 bits per heavy atom. The molecule has 0 aliphatic rings. The molecule has 0 spiro atoms. The van der Waals surface area contributed by atoms with Crippen LogP contribution >= 0.6 is 27.3 Å². The molecule has 0 aliphatic carbocycles. The molecule has 0 atom stereocenters. The van der Waals surface area contributed by atoms with Gasteiger partial charge in [-0.2, -0.15) is 0 Å². The Labute approximate surface area is 184 Å². The van der Waals surface area contributed by atoms with Gasteiger partial charge in [-0.1, -0.05) is 34.1 Å². The van der Waals surface area contributed by atoms with E-state index in [9.17, 15) is 9.90 Å². The van der Waals surface area contributed by atoms with Gasteiger partial charge in [0.1, 0.15) is 23.7 Å². The first-order valence-corrected chi connectivity index (χ1v) is 10.5. The molecule has 1 N–H and O–H groups in total. The second-order valence-corrected chi connectivity index (χ2v) is 8.16. The number of fused-ring (bicyclic) bond motifs is 1. The summed E-state index contributed by atoms with van der Waals surface area (Å²) in [4.78, 5) is 16.3. The number of hydrogen-bond acceptors (Lipinski definition) is 6. The van der Waals surface area contributed by atoms with E-state index in [0.717, 1.165) is 26.9 Å². The molecule has 30 heavy (non-hydrogen) atoms. The monoisotopic (exact) mass is 488 g/mol. The molecule has 0 amide bonds. The van der Waals surface area contributed by atoms with Crippen molar-refractivity contribution in [2.45, 2.75) is 6.61 Å². The van der Waals surface area contributed by atoms with Crippen LogP contribution in [0.25, 0.3) is 16.0 Å². The fraction of sp³-hybridized carbons (Fsp3) is 0.143. The summed E-state index contributed by atoms with van der Waals surface area (Å²) < 4.78 is 19.3. The maximum atomic E-state index is 11.8. The average Bonchev–Trinajstić information content (AvgIpc) is 3.35. The molecule has 0 radical (unpaired) electrons. The number of ether oxygens (including phenoxy) is 3. The minimum absolute atomic E-state index is 0.124. The Morgan fingerprint density at radius 3 is 2.57 bits per heavy atom. The number of methoxy groups -OCH3 is 2. The van der Waals surface area contributed by atoms with Gasteiger partial charge in [-0.3, -0.25) is 4.57 Å². The van der Waals surface area contributed by atoms with E-state index in [1.807, 2.05) is 30.3 Å². The summed E-state index contributed by atoms with van der Waals surface area (Å²) in [7, 11) is 3.12. The molecule has 0 unspecified atom stereocenters. The number of carboxylic acids is 1. The smallest absolute Gasteiger partial charge is 0.349 e. The van der Waals surface area contributed by atoms with Crippen molar-refractivity contribution in [2.75, 3.05) is 14.2 Å². The van der Waals surface area contributed by atoms with E-state index in [0.29, 0.717) is 27.8 Å². The van der Waals surface area contributed by atoms with Crippen molar-refractivity contribution in [3.05, 3.63) is 63.7 Å². The quantitative estimate of drug-likeness (QED) is 0.387. The Hall–Kier alpha value is -3.04. The van der Waals surface area contributed by atoms with Crippen LogP contribution in [0.4, 0.5) is 0 Å². The van der Waals surface area contributed by atoms with Crippen molar-refractivity contribution in [3.8, 4) is 22.2 Å². The fourth-order valence-corrected chi connectivity index (χ4v) is 4.34. The van der Waals surface area contributed by atoms with E-state index in [1.54, 1.807) is 37.2 Å². The van der Waals surface area contributed by atoms with Crippen LogP contribution in [0.5, 0.6) is 17.2 Å². The predicted octanol–water partition coefficient (Wildman–Crippen LogP) is 5.14. The van der Waals surface area contributed by atoms with Crippen LogP contribution in [0.2, 0.25) is 0 Å². The van der Waals surface area contributed by atoms with Crippen molar-refractivity contribution in [3.63, 3.8) is 0 Å². The largest absolute Gasteiger partial charge is 0.493 e. The number of benzene rings is 2. The van der Waals surface area contributed by atoms with Gasteiger partial charge < -0.3 is 19.3 Å². The predicted molar refractivity (Wildman–Crippen MR) is 117 cm³/mol. The van der Waals surface area contributed by atoms with E-state index >= 15 is 0 Å². The molecule has 4 aromatic rings. The lowest BCUT2D eigenvalue weighted by Gasteiger charge is -2.08. The zero-order valence-corrected chi connectivity index (χ0v) is 18.5. The minimum atomic E-state index is -1.04. The number of thiophene rings is 1. The number of imidazole rings is 1. The highest BCUT2D eigenvalue weighted by Gasteiger charge is 2.20. The van der Waals surface area contributed by atoms with Gasteiger partial charge in [0, 0.05) is 28.2 Å². The first-order chi connectivity index (χ1) is 14.5. The Bertz CT molecular complexity index is 1230. The first-order valence-electron chi connectivity index (χ1n) is 8.84. The third kappa shape index (κ3) is 3.73. The summed E-state index contributed by atoms with van der Waals surface area (Å²) in [5.74, 6) is 0.398. The van der Waals surface area contributed by atoms with Crippen LogP contribution in [0.15, 0.2) is 53.3 Å². The number of nitrogens with zero attached hydrogens (tertiary/aromatic N) is 2. The Morgan fingerprint density at radius 1 is 1.13 bits per heavy atom. The number of carbonyl (C=O) groups is 1. The fourth-order valence-electron chi connectivity index (χ4n) is 3.02. The maximum Gasteiger partial charge on any atom is 0.349 e. The molecule has 154 valence electrons. The van der Waals surface area contributed by atoms with E-state index in [4.69, 9.17) is 14.2 Å². The van der Waals surface area contributed by atoms with Crippen LogP contribution in [0.3, 0.4) is 0 Å². The highest BCUT2D eigenvalue weighted by molar-refractivity contribution is 9.10. The van der Waals surface area contributed by atoms with E-state index in [-0.39, 0.29) is 11.5 Å². The maximum absolute atomic E-state index is 11.8. The molecular formula is C21H17BrN2O5S. The molecule has 2 heterocycles. The molecule has 0 saturated carbocycles. The number of rotatable bonds is 7. The van der Waals surface area contributed by atoms with Crippen molar-refractivity contribution in [1.82, 2.24) is 9.55 Å². The molecule has 2 aromatic heterocycles. The Balaban J connectivity index is 1.72. The van der Waals surface area contributed by atoms with Crippen LogP contribution in [0, 0.1) is 0 Å². The molecule has 7 nitrogen and oxygen atoms in total. The van der Waals surface area contributed by atoms with Gasteiger partial charge in [0.25, 0.3) is 0 Å². The summed E-state index contributed by atoms with van der Waals surface area (Å²) in [6.45, 7) is 0.244. The van der Waals surface area contributed by atoms with Gasteiger partial charge in [0.2, 0.25) is 0 Å². The number of hydrogen-bond donors (Lipinski definition) is 1. The van der Waals surface area contributed by atoms with Crippen LogP contribution in [-0.2, 0) is 6.61 Å². The Kier molecular flexibility index (Phi) is 5.65. The van der Waals surface area contributed by atoms with E-state index in [2.05, 4.69) is 20.9 Å². The van der Waals surface area contributed by atoms with Crippen LogP contribution in [-0.4, -0.2) is 34.8 Å². The summed E-state index contributed by atoms with van der Waals surface area (Å²) in [5.41, 5.74) is 2.39. The number of carboxylic acid groups (broad SMARTS) is 1. The van der Waals surface area contributed by atoms with Gasteiger partial charge in [-0.25, -0.2) is 9.78 Å². The van der Waals surface area contributed by atoms with E-state index < -0.39 is 5.97 Å². The third-order valence-electron chi connectivity index (χ3n) is 4.51. The van der Waals surface area contributed by atoms with E-state index in [1.165, 1.54) is 0 Å². The second kappa shape index (κ2) is 8.37. The lowest BCUT2D eigenvalue weighted by atomic mass is 10.2. The number of halogens is 1. The zero-order valence-electron chi connectivity index (χ0n) is 16.1. The molecule has 0 fully saturated rings. The molecule has 0 bridgehead atoms. The SMILES string of the molecule is COc1cc2ncn(-c3cc(OCc4ccccc4Br)c(C(=O)O)s3)c2cc1OC. The standard InChI is InChI=1S/C21H17BrN2O5S/c1-27-16-7-14-15(8-17(16)28-2)24(11-23-14)19-9-18(20(30-19)21(25)26)29-10-12-5-3-4-6-13(12)22/h3-9,11H,10H2,1-2H3,(H,25,26). The zero-order chi connectivity index (χ0) is 21.3. The molecule has 0 saturated heterocycles. The normalized spacial score (nSPS) is 10.9. The molecule has 2 aromatic carbocycles. The summed E-state index contributed by atoms with van der Waals surface area (Å²) in [6.07, 6.45) is 1.64. The van der Waals surface area contributed by atoms with Gasteiger partial charge in [-0.15, -0.1) is 11.3 Å². The van der Waals surface area contributed by atoms with Crippen molar-refractivity contribution in [1.29, 1.82) is 0 Å². The highest BCUT2D eigenvalue weighted by Crippen LogP contribution is 2.37. The lowest BCUT2D eigenvalue weighted by molar-refractivity contribution is 0.0697. The number of aromatic carboxylic acids is 1. The topological polar surface area (TPSA) is 82.8 Å². The van der Waals surface area contributed by atoms with Crippen LogP contribution in [0.1, 0.15) is 15.2 Å². The average molecular weight is 489 g/mol. The molecule has 4 rings (SSSR count). The summed E-state index contributed by atoms with van der Waals surface area (Å²) in [6, 6.07) is 12.9. The third-order valence-corrected chi connectivity index (χ3v) is 6.39. The lowest BCUT2D eigenvalue weighted by Crippen LogP contribution is -2.00. The van der Waals surface area contributed by atoms with Gasteiger partial charge in [0.15, 0.2) is 16.4 Å². The van der Waals surface area contributed by atoms with Crippen molar-refractivity contribution in [2.24, 2.45) is 0 Å².